The molecule has 7 nitrogen and oxygen atoms in total. The van der Waals surface area contributed by atoms with Gasteiger partial charge in [0.05, 0.1) is 0 Å². The number of benzene rings is 1. The van der Waals surface area contributed by atoms with E-state index in [0.717, 1.165) is 38.4 Å². The van der Waals surface area contributed by atoms with Crippen molar-refractivity contribution in [2.75, 3.05) is 42.9 Å². The Morgan fingerprint density at radius 2 is 1.76 bits per heavy atom. The molecule has 0 aromatic heterocycles. The van der Waals surface area contributed by atoms with Crippen LogP contribution in [0.15, 0.2) is 35.6 Å². The fraction of sp³-hybridized carbons (Fsp3) is 0.545. The number of hydrogen-bond acceptors (Lipinski definition) is 5. The number of nitrogens with zero attached hydrogens (tertiary/aromatic N) is 2. The van der Waals surface area contributed by atoms with Gasteiger partial charge in [0.15, 0.2) is 0 Å². The minimum atomic E-state index is -0.798. The van der Waals surface area contributed by atoms with Gasteiger partial charge in [-0.3, -0.25) is 9.59 Å². The molecular weight excluding hydrogens is 368 g/mol. The highest BCUT2D eigenvalue weighted by Gasteiger charge is 2.49. The van der Waals surface area contributed by atoms with Crippen molar-refractivity contribution < 1.29 is 14.7 Å². The lowest BCUT2D eigenvalue weighted by molar-refractivity contribution is -0.121. The maximum Gasteiger partial charge on any atom is 0.264 e. The first-order chi connectivity index (χ1) is 14.0. The third-order valence-electron chi connectivity index (χ3n) is 6.50. The normalized spacial score (nSPS) is 22.1. The molecule has 0 bridgehead atoms. The second-order valence-corrected chi connectivity index (χ2v) is 8.24. The van der Waals surface area contributed by atoms with Crippen molar-refractivity contribution in [1.82, 2.24) is 10.2 Å². The van der Waals surface area contributed by atoms with E-state index in [4.69, 9.17) is 0 Å². The molecule has 3 N–H and O–H groups in total. The van der Waals surface area contributed by atoms with Gasteiger partial charge < -0.3 is 25.5 Å². The summed E-state index contributed by atoms with van der Waals surface area (Å²) in [6, 6.07) is 7.68. The zero-order valence-electron chi connectivity index (χ0n) is 17.0. The van der Waals surface area contributed by atoms with Crippen molar-refractivity contribution in [2.45, 2.75) is 44.6 Å². The molecule has 156 valence electrons. The lowest BCUT2D eigenvalue weighted by Gasteiger charge is -2.38. The standard InChI is InChI=1S/C22H30N4O3/c1-2-25-14-10-22(11-15-25)19(27)18(21(29)24-22)20(28)23-16-6-8-17(9-7-16)26-12-4-3-5-13-26/h6-9,27H,2-5,10-15H2,1H3,(H,23,28)(H,24,29). The van der Waals surface area contributed by atoms with E-state index >= 15 is 0 Å². The highest BCUT2D eigenvalue weighted by molar-refractivity contribution is 6.25. The number of aliphatic hydroxyl groups excluding tert-OH is 1. The first-order valence-electron chi connectivity index (χ1n) is 10.7. The summed E-state index contributed by atoms with van der Waals surface area (Å²) in [7, 11) is 0. The molecule has 1 aromatic carbocycles. The van der Waals surface area contributed by atoms with E-state index in [1.54, 1.807) is 0 Å². The molecule has 0 saturated carbocycles. The molecule has 3 heterocycles. The Kier molecular flexibility index (Phi) is 5.50. The minimum Gasteiger partial charge on any atom is -0.509 e. The molecule has 7 heteroatoms. The number of carbonyl (C=O) groups excluding carboxylic acids is 2. The van der Waals surface area contributed by atoms with Gasteiger partial charge in [0, 0.05) is 37.6 Å². The van der Waals surface area contributed by atoms with Gasteiger partial charge in [0.2, 0.25) is 0 Å². The molecule has 0 unspecified atom stereocenters. The van der Waals surface area contributed by atoms with E-state index < -0.39 is 17.4 Å². The van der Waals surface area contributed by atoms with Crippen molar-refractivity contribution in [3.05, 3.63) is 35.6 Å². The molecular formula is C22H30N4O3. The summed E-state index contributed by atoms with van der Waals surface area (Å²) < 4.78 is 0. The van der Waals surface area contributed by atoms with E-state index in [9.17, 15) is 14.7 Å². The second-order valence-electron chi connectivity index (χ2n) is 8.24. The van der Waals surface area contributed by atoms with Crippen LogP contribution in [0.5, 0.6) is 0 Å². The maximum atomic E-state index is 12.8. The zero-order valence-corrected chi connectivity index (χ0v) is 17.0. The third kappa shape index (κ3) is 3.83. The van der Waals surface area contributed by atoms with Gasteiger partial charge in [-0.25, -0.2) is 0 Å². The SMILES string of the molecule is CCN1CCC2(CC1)NC(=O)C(C(=O)Nc1ccc(N3CCCCC3)cc1)=C2O. The van der Waals surface area contributed by atoms with E-state index in [2.05, 4.69) is 27.4 Å². The molecule has 29 heavy (non-hydrogen) atoms. The predicted octanol–water partition coefficient (Wildman–Crippen LogP) is 2.41. The van der Waals surface area contributed by atoms with Crippen LogP contribution in [0.25, 0.3) is 0 Å². The number of nitrogens with one attached hydrogen (secondary N) is 2. The first-order valence-corrected chi connectivity index (χ1v) is 10.7. The van der Waals surface area contributed by atoms with E-state index in [1.807, 2.05) is 24.3 Å². The topological polar surface area (TPSA) is 84.9 Å². The summed E-state index contributed by atoms with van der Waals surface area (Å²) in [4.78, 5) is 29.9. The van der Waals surface area contributed by atoms with Crippen LogP contribution in [0.2, 0.25) is 0 Å². The molecule has 2 amide bonds. The van der Waals surface area contributed by atoms with Crippen molar-refractivity contribution in [3.63, 3.8) is 0 Å². The van der Waals surface area contributed by atoms with Gasteiger partial charge in [0.1, 0.15) is 16.9 Å². The molecule has 4 rings (SSSR count). The fourth-order valence-corrected chi connectivity index (χ4v) is 4.61. The summed E-state index contributed by atoms with van der Waals surface area (Å²) >= 11 is 0. The number of piperidine rings is 2. The number of likely N-dealkylation sites (tertiary alicyclic amines) is 1. The van der Waals surface area contributed by atoms with Crippen LogP contribution in [0.4, 0.5) is 11.4 Å². The molecule has 0 aliphatic carbocycles. The van der Waals surface area contributed by atoms with Crippen LogP contribution >= 0.6 is 0 Å². The van der Waals surface area contributed by atoms with Crippen molar-refractivity contribution in [1.29, 1.82) is 0 Å². The number of aliphatic hydroxyl groups is 1. The quantitative estimate of drug-likeness (QED) is 0.679. The molecule has 1 spiro atoms. The first kappa shape index (κ1) is 19.8. The number of amides is 2. The molecule has 2 fully saturated rings. The van der Waals surface area contributed by atoms with Crippen molar-refractivity contribution in [2.24, 2.45) is 0 Å². The third-order valence-corrected chi connectivity index (χ3v) is 6.50. The highest BCUT2D eigenvalue weighted by Crippen LogP contribution is 2.35. The Bertz CT molecular complexity index is 804. The number of hydrogen-bond donors (Lipinski definition) is 3. The monoisotopic (exact) mass is 398 g/mol. The smallest absolute Gasteiger partial charge is 0.264 e. The summed E-state index contributed by atoms with van der Waals surface area (Å²) in [5.74, 6) is -1.16. The molecule has 3 aliphatic heterocycles. The lowest BCUT2D eigenvalue weighted by atomic mass is 9.86. The lowest BCUT2D eigenvalue weighted by Crippen LogP contribution is -2.52. The summed E-state index contributed by atoms with van der Waals surface area (Å²) in [6.45, 7) is 6.72. The average molecular weight is 399 g/mol. The number of anilines is 2. The molecule has 0 atom stereocenters. The van der Waals surface area contributed by atoms with E-state index in [-0.39, 0.29) is 11.3 Å². The molecule has 1 aromatic rings. The van der Waals surface area contributed by atoms with Gasteiger partial charge in [0.25, 0.3) is 11.8 Å². The van der Waals surface area contributed by atoms with Gasteiger partial charge in [-0.2, -0.15) is 0 Å². The number of carbonyl (C=O) groups is 2. The Labute approximate surface area is 171 Å². The van der Waals surface area contributed by atoms with Gasteiger partial charge in [-0.15, -0.1) is 0 Å². The summed E-state index contributed by atoms with van der Waals surface area (Å²) in [6.07, 6.45) is 4.92. The van der Waals surface area contributed by atoms with Crippen LogP contribution < -0.4 is 15.5 Å². The maximum absolute atomic E-state index is 12.8. The van der Waals surface area contributed by atoms with Crippen LogP contribution in [-0.2, 0) is 9.59 Å². The largest absolute Gasteiger partial charge is 0.509 e. The van der Waals surface area contributed by atoms with Crippen molar-refractivity contribution in [3.8, 4) is 0 Å². The second kappa shape index (κ2) is 8.06. The van der Waals surface area contributed by atoms with Gasteiger partial charge >= 0.3 is 0 Å². The Morgan fingerprint density at radius 3 is 2.38 bits per heavy atom. The minimum absolute atomic E-state index is 0.110. The van der Waals surface area contributed by atoms with Gasteiger partial charge in [-0.1, -0.05) is 6.92 Å². The van der Waals surface area contributed by atoms with E-state index in [0.29, 0.717) is 18.5 Å². The van der Waals surface area contributed by atoms with Crippen LogP contribution in [-0.4, -0.2) is 60.1 Å². The average Bonchev–Trinajstić information content (AvgIpc) is 2.99. The summed E-state index contributed by atoms with van der Waals surface area (Å²) in [5.41, 5.74) is 0.804. The van der Waals surface area contributed by atoms with E-state index in [1.165, 1.54) is 19.3 Å². The molecule has 0 radical (unpaired) electrons. The Hall–Kier alpha value is -2.54. The van der Waals surface area contributed by atoms with Crippen LogP contribution in [0.3, 0.4) is 0 Å². The van der Waals surface area contributed by atoms with Crippen LogP contribution in [0.1, 0.15) is 39.0 Å². The Balaban J connectivity index is 1.45. The molecule has 3 aliphatic rings. The molecule has 2 saturated heterocycles. The number of rotatable bonds is 4. The van der Waals surface area contributed by atoms with Crippen molar-refractivity contribution >= 4 is 23.2 Å². The zero-order chi connectivity index (χ0) is 20.4. The predicted molar refractivity (Wildman–Crippen MR) is 113 cm³/mol. The van der Waals surface area contributed by atoms with Gasteiger partial charge in [-0.05, 0) is 62.9 Å². The summed E-state index contributed by atoms with van der Waals surface area (Å²) in [5, 5.41) is 16.4. The highest BCUT2D eigenvalue weighted by atomic mass is 16.3. The van der Waals surface area contributed by atoms with Crippen LogP contribution in [0, 0.1) is 0 Å². The Morgan fingerprint density at radius 1 is 1.10 bits per heavy atom. The fourth-order valence-electron chi connectivity index (χ4n) is 4.61.